The number of nitrogens with zero attached hydrogens (tertiary/aromatic N) is 4. The lowest BCUT2D eigenvalue weighted by atomic mass is 10.2. The number of nitrogens with one attached hydrogen (secondary N) is 3. The minimum atomic E-state index is -0.319. The van der Waals surface area contributed by atoms with Crippen LogP contribution in [-0.2, 0) is 0 Å². The first-order valence-electron chi connectivity index (χ1n) is 10.6. The highest BCUT2D eigenvalue weighted by Crippen LogP contribution is 2.16. The van der Waals surface area contributed by atoms with E-state index in [9.17, 15) is 4.79 Å². The van der Waals surface area contributed by atoms with Crippen molar-refractivity contribution in [3.8, 4) is 11.8 Å². The fraction of sp³-hybridized carbons (Fsp3) is 0.304. The molecule has 2 amide bonds. The smallest absolute Gasteiger partial charge is 0.324 e. The Morgan fingerprint density at radius 1 is 1.09 bits per heavy atom. The van der Waals surface area contributed by atoms with Crippen LogP contribution in [0.25, 0.3) is 0 Å². The van der Waals surface area contributed by atoms with Crippen LogP contribution in [0.5, 0.6) is 0 Å². The van der Waals surface area contributed by atoms with Crippen molar-refractivity contribution in [2.24, 2.45) is 0 Å². The summed E-state index contributed by atoms with van der Waals surface area (Å²) < 4.78 is 4.14. The van der Waals surface area contributed by atoms with Gasteiger partial charge in [0.15, 0.2) is 0 Å². The van der Waals surface area contributed by atoms with Crippen LogP contribution in [0, 0.1) is 18.8 Å². The Morgan fingerprint density at radius 3 is 2.62 bits per heavy atom. The van der Waals surface area contributed by atoms with Crippen LogP contribution in [0.2, 0.25) is 0 Å². The molecule has 0 radical (unpaired) electrons. The van der Waals surface area contributed by atoms with Gasteiger partial charge in [-0.1, -0.05) is 17.9 Å². The summed E-state index contributed by atoms with van der Waals surface area (Å²) in [7, 11) is 0. The maximum atomic E-state index is 12.2. The second kappa shape index (κ2) is 10.7. The van der Waals surface area contributed by atoms with Gasteiger partial charge in [0.05, 0.1) is 11.3 Å². The average Bonchev–Trinajstić information content (AvgIpc) is 3.45. The minimum absolute atomic E-state index is 0.319. The van der Waals surface area contributed by atoms with E-state index >= 15 is 0 Å². The highest BCUT2D eigenvalue weighted by Gasteiger charge is 2.10. The van der Waals surface area contributed by atoms with Gasteiger partial charge in [0.25, 0.3) is 0 Å². The molecular formula is C23H25N7OS. The first-order chi connectivity index (χ1) is 15.6. The van der Waals surface area contributed by atoms with Crippen molar-refractivity contribution in [1.29, 1.82) is 0 Å². The molecule has 1 aromatic carbocycles. The monoisotopic (exact) mass is 447 g/mol. The van der Waals surface area contributed by atoms with Gasteiger partial charge in [-0.2, -0.15) is 4.37 Å². The topological polar surface area (TPSA) is 95.1 Å². The SMILES string of the molecule is Cc1cc(NC(=O)Nc2cccc(C#Cc3cnc(NCCN4CCCC4)nc3)c2)sn1. The predicted molar refractivity (Wildman–Crippen MR) is 128 cm³/mol. The van der Waals surface area contributed by atoms with Gasteiger partial charge in [-0.3, -0.25) is 5.32 Å². The van der Waals surface area contributed by atoms with Crippen LogP contribution >= 0.6 is 11.5 Å². The number of rotatable bonds is 6. The molecule has 3 heterocycles. The molecule has 4 rings (SSSR count). The van der Waals surface area contributed by atoms with Crippen molar-refractivity contribution < 1.29 is 4.79 Å². The van der Waals surface area contributed by atoms with Crippen LogP contribution in [0.15, 0.2) is 42.7 Å². The van der Waals surface area contributed by atoms with E-state index in [1.165, 1.54) is 37.5 Å². The van der Waals surface area contributed by atoms with Gasteiger partial charge in [0, 0.05) is 36.7 Å². The highest BCUT2D eigenvalue weighted by atomic mass is 32.1. The maximum absolute atomic E-state index is 12.2. The van der Waals surface area contributed by atoms with Crippen LogP contribution in [0.1, 0.15) is 29.7 Å². The first-order valence-corrected chi connectivity index (χ1v) is 11.3. The van der Waals surface area contributed by atoms with E-state index in [-0.39, 0.29) is 6.03 Å². The minimum Gasteiger partial charge on any atom is -0.353 e. The molecule has 32 heavy (non-hydrogen) atoms. The van der Waals surface area contributed by atoms with Gasteiger partial charge >= 0.3 is 6.03 Å². The van der Waals surface area contributed by atoms with E-state index in [1.54, 1.807) is 12.4 Å². The molecule has 0 spiro atoms. The third kappa shape index (κ3) is 6.51. The molecule has 0 atom stereocenters. The molecule has 3 N–H and O–H groups in total. The number of likely N-dealkylation sites (tertiary alicyclic amines) is 1. The number of benzene rings is 1. The standard InChI is InChI=1S/C23H25N7OS/c1-17-13-21(32-29-17)28-23(31)27-20-6-4-5-18(14-20)7-8-19-15-25-22(26-16-19)24-9-12-30-10-2-3-11-30/h4-6,13-16H,2-3,9-12H2,1H3,(H,24,25,26)(H2,27,28,31). The Hall–Kier alpha value is -3.48. The Kier molecular flexibility index (Phi) is 7.27. The lowest BCUT2D eigenvalue weighted by molar-refractivity contribution is 0.262. The Balaban J connectivity index is 1.29. The fourth-order valence-corrected chi connectivity index (χ4v) is 3.99. The molecule has 9 heteroatoms. The number of amides is 2. The molecule has 1 aliphatic heterocycles. The number of hydrogen-bond donors (Lipinski definition) is 3. The molecule has 3 aromatic rings. The number of aryl methyl sites for hydroxylation is 1. The average molecular weight is 448 g/mol. The lowest BCUT2D eigenvalue weighted by Crippen LogP contribution is -2.26. The van der Waals surface area contributed by atoms with Gasteiger partial charge in [-0.15, -0.1) is 0 Å². The van der Waals surface area contributed by atoms with E-state index in [0.717, 1.165) is 29.9 Å². The van der Waals surface area contributed by atoms with Crippen LogP contribution in [0.4, 0.5) is 21.4 Å². The third-order valence-corrected chi connectivity index (χ3v) is 5.69. The zero-order valence-electron chi connectivity index (χ0n) is 17.9. The molecule has 1 fully saturated rings. The van der Waals surface area contributed by atoms with Crippen LogP contribution < -0.4 is 16.0 Å². The number of urea groups is 1. The summed E-state index contributed by atoms with van der Waals surface area (Å²) in [6.07, 6.45) is 6.01. The number of hydrogen-bond acceptors (Lipinski definition) is 7. The molecule has 0 bridgehead atoms. The van der Waals surface area contributed by atoms with E-state index in [2.05, 4.69) is 47.0 Å². The zero-order chi connectivity index (χ0) is 22.2. The molecule has 164 valence electrons. The second-order valence-corrected chi connectivity index (χ2v) is 8.32. The van der Waals surface area contributed by atoms with Crippen molar-refractivity contribution in [2.45, 2.75) is 19.8 Å². The Bertz CT molecular complexity index is 1110. The van der Waals surface area contributed by atoms with E-state index in [1.807, 2.05) is 37.3 Å². The molecule has 1 aliphatic rings. The van der Waals surface area contributed by atoms with Crippen molar-refractivity contribution in [3.05, 3.63) is 59.5 Å². The quantitative estimate of drug-likeness (QED) is 0.498. The molecule has 2 aromatic heterocycles. The third-order valence-electron chi connectivity index (χ3n) is 4.90. The molecule has 0 saturated carbocycles. The Morgan fingerprint density at radius 2 is 1.88 bits per heavy atom. The summed E-state index contributed by atoms with van der Waals surface area (Å²) in [5.41, 5.74) is 3.04. The first kappa shape index (κ1) is 21.7. The normalized spacial score (nSPS) is 13.3. The summed E-state index contributed by atoms with van der Waals surface area (Å²) in [5, 5.41) is 9.53. The molecule has 1 saturated heterocycles. The Labute approximate surface area is 191 Å². The van der Waals surface area contributed by atoms with E-state index in [4.69, 9.17) is 0 Å². The summed E-state index contributed by atoms with van der Waals surface area (Å²) in [4.78, 5) is 23.3. The van der Waals surface area contributed by atoms with E-state index in [0.29, 0.717) is 16.6 Å². The van der Waals surface area contributed by atoms with Gasteiger partial charge in [-0.25, -0.2) is 14.8 Å². The van der Waals surface area contributed by atoms with Crippen LogP contribution in [-0.4, -0.2) is 51.5 Å². The summed E-state index contributed by atoms with van der Waals surface area (Å²) >= 11 is 1.25. The molecular weight excluding hydrogens is 422 g/mol. The highest BCUT2D eigenvalue weighted by molar-refractivity contribution is 7.10. The number of carbonyl (C=O) groups is 1. The van der Waals surface area contributed by atoms with E-state index < -0.39 is 0 Å². The zero-order valence-corrected chi connectivity index (χ0v) is 18.7. The van der Waals surface area contributed by atoms with Crippen LogP contribution in [0.3, 0.4) is 0 Å². The maximum Gasteiger partial charge on any atom is 0.324 e. The fourth-order valence-electron chi connectivity index (χ4n) is 3.33. The van der Waals surface area contributed by atoms with Gasteiger partial charge in [-0.05, 0) is 68.7 Å². The molecule has 8 nitrogen and oxygen atoms in total. The van der Waals surface area contributed by atoms with Gasteiger partial charge < -0.3 is 15.5 Å². The van der Waals surface area contributed by atoms with Crippen molar-refractivity contribution >= 4 is 34.2 Å². The van der Waals surface area contributed by atoms with Gasteiger partial charge in [0.1, 0.15) is 5.00 Å². The van der Waals surface area contributed by atoms with Crippen molar-refractivity contribution in [2.75, 3.05) is 42.1 Å². The number of anilines is 3. The summed E-state index contributed by atoms with van der Waals surface area (Å²) in [5.74, 6) is 6.77. The second-order valence-electron chi connectivity index (χ2n) is 7.51. The molecule has 0 unspecified atom stereocenters. The number of aromatic nitrogens is 3. The van der Waals surface area contributed by atoms with Crippen molar-refractivity contribution in [3.63, 3.8) is 0 Å². The largest absolute Gasteiger partial charge is 0.353 e. The molecule has 0 aliphatic carbocycles. The summed E-state index contributed by atoms with van der Waals surface area (Å²) in [6, 6.07) is 8.87. The predicted octanol–water partition coefficient (Wildman–Crippen LogP) is 3.79. The van der Waals surface area contributed by atoms with Gasteiger partial charge in [0.2, 0.25) is 5.95 Å². The summed E-state index contributed by atoms with van der Waals surface area (Å²) in [6.45, 7) is 6.10. The lowest BCUT2D eigenvalue weighted by Gasteiger charge is -2.14. The number of carbonyl (C=O) groups excluding carboxylic acids is 1. The van der Waals surface area contributed by atoms with Crippen molar-refractivity contribution in [1.82, 2.24) is 19.2 Å².